The molecule has 1 aromatic carbocycles. The lowest BCUT2D eigenvalue weighted by atomic mass is 10.1. The molecule has 2 nitrogen and oxygen atoms in total. The Morgan fingerprint density at radius 1 is 1.14 bits per heavy atom. The van der Waals surface area contributed by atoms with E-state index in [4.69, 9.17) is 5.73 Å². The van der Waals surface area contributed by atoms with Gasteiger partial charge < -0.3 is 0 Å². The molecule has 1 aromatic heterocycles. The minimum Gasteiger partial charge on any atom is -0.267 e. The Labute approximate surface area is 86.0 Å². The first-order chi connectivity index (χ1) is 6.79. The highest BCUT2D eigenvalue weighted by Crippen LogP contribution is 2.27. The van der Waals surface area contributed by atoms with Gasteiger partial charge in [-0.15, -0.1) is 11.3 Å². The fourth-order valence-electron chi connectivity index (χ4n) is 1.33. The van der Waals surface area contributed by atoms with Crippen LogP contribution >= 0.6 is 11.3 Å². The van der Waals surface area contributed by atoms with Crippen molar-refractivity contribution in [3.05, 3.63) is 47.3 Å². The summed E-state index contributed by atoms with van der Waals surface area (Å²) in [5.41, 5.74) is 8.44. The Morgan fingerprint density at radius 3 is 2.57 bits per heavy atom. The second-order valence-corrected chi connectivity index (χ2v) is 3.80. The highest BCUT2D eigenvalue weighted by Gasteiger charge is 2.09. The fraction of sp³-hybridized carbons (Fsp3) is 0. The average molecular weight is 202 g/mol. The van der Waals surface area contributed by atoms with Crippen LogP contribution in [0.4, 0.5) is 0 Å². The van der Waals surface area contributed by atoms with Crippen LogP contribution in [0.2, 0.25) is 0 Å². The van der Waals surface area contributed by atoms with Crippen molar-refractivity contribution in [3.63, 3.8) is 0 Å². The van der Waals surface area contributed by atoms with E-state index < -0.39 is 5.91 Å². The Kier molecular flexibility index (Phi) is 2.33. The summed E-state index contributed by atoms with van der Waals surface area (Å²) in [6.07, 6.45) is 0. The molecular weight excluding hydrogens is 194 g/mol. The zero-order chi connectivity index (χ0) is 9.97. The molecule has 2 rings (SSSR count). The first-order valence-corrected chi connectivity index (χ1v) is 5.06. The number of carbonyl (C=O) groups excluding carboxylic acids is 1. The normalized spacial score (nSPS) is 10.0. The number of nitrogens with one attached hydrogen (secondary N) is 1. The molecule has 0 unspecified atom stereocenters. The maximum atomic E-state index is 11.0. The molecule has 0 spiro atoms. The standard InChI is InChI=1S/C11H8NOS/c12-11(13)9-5-2-1-4-8(9)10-6-3-7-14-10/h1-7,12H. The minimum absolute atomic E-state index is 0.468. The molecule has 0 aliphatic rings. The van der Waals surface area contributed by atoms with Crippen molar-refractivity contribution in [2.75, 3.05) is 0 Å². The zero-order valence-corrected chi connectivity index (χ0v) is 8.17. The van der Waals surface area contributed by atoms with Crippen LogP contribution < -0.4 is 5.73 Å². The van der Waals surface area contributed by atoms with Gasteiger partial charge in [0.25, 0.3) is 5.91 Å². The Morgan fingerprint density at radius 2 is 1.93 bits per heavy atom. The third-order valence-corrected chi connectivity index (χ3v) is 2.86. The molecule has 0 atom stereocenters. The zero-order valence-electron chi connectivity index (χ0n) is 7.36. The number of rotatable bonds is 2. The van der Waals surface area contributed by atoms with Crippen molar-refractivity contribution in [1.82, 2.24) is 5.73 Å². The molecule has 0 aliphatic carbocycles. The summed E-state index contributed by atoms with van der Waals surface area (Å²) in [6, 6.07) is 11.1. The van der Waals surface area contributed by atoms with E-state index in [0.29, 0.717) is 5.56 Å². The summed E-state index contributed by atoms with van der Waals surface area (Å²) < 4.78 is 0. The van der Waals surface area contributed by atoms with E-state index in [0.717, 1.165) is 10.4 Å². The van der Waals surface area contributed by atoms with Gasteiger partial charge in [0.1, 0.15) is 0 Å². The fourth-order valence-corrected chi connectivity index (χ4v) is 2.09. The Hall–Kier alpha value is -1.61. The number of carbonyl (C=O) groups is 1. The van der Waals surface area contributed by atoms with Crippen LogP contribution in [0.3, 0.4) is 0 Å². The van der Waals surface area contributed by atoms with Crippen LogP contribution in [-0.4, -0.2) is 5.91 Å². The lowest BCUT2D eigenvalue weighted by molar-refractivity contribution is 0.0992. The molecule has 69 valence electrons. The van der Waals surface area contributed by atoms with Crippen molar-refractivity contribution in [2.24, 2.45) is 0 Å². The molecule has 1 N–H and O–H groups in total. The van der Waals surface area contributed by atoms with E-state index in [1.807, 2.05) is 29.6 Å². The Balaban J connectivity index is 2.58. The van der Waals surface area contributed by atoms with Gasteiger partial charge in [-0.2, -0.15) is 0 Å². The third-order valence-electron chi connectivity index (χ3n) is 1.96. The lowest BCUT2D eigenvalue weighted by Gasteiger charge is -2.02. The molecule has 0 saturated carbocycles. The number of hydrogen-bond donors (Lipinski definition) is 0. The second kappa shape index (κ2) is 3.64. The predicted molar refractivity (Wildman–Crippen MR) is 57.2 cm³/mol. The summed E-state index contributed by atoms with van der Waals surface area (Å²) in [7, 11) is 0. The van der Waals surface area contributed by atoms with Crippen LogP contribution in [0.15, 0.2) is 41.8 Å². The van der Waals surface area contributed by atoms with Gasteiger partial charge in [0.2, 0.25) is 0 Å². The molecule has 0 fully saturated rings. The van der Waals surface area contributed by atoms with Gasteiger partial charge in [-0.3, -0.25) is 10.5 Å². The van der Waals surface area contributed by atoms with E-state index >= 15 is 0 Å². The van der Waals surface area contributed by atoms with Gasteiger partial charge in [-0.1, -0.05) is 24.3 Å². The van der Waals surface area contributed by atoms with Gasteiger partial charge in [0, 0.05) is 16.0 Å². The van der Waals surface area contributed by atoms with Crippen LogP contribution in [-0.2, 0) is 0 Å². The maximum Gasteiger partial charge on any atom is 0.270 e. The maximum absolute atomic E-state index is 11.0. The van der Waals surface area contributed by atoms with Crippen molar-refractivity contribution < 1.29 is 4.79 Å². The Bertz CT molecular complexity index is 448. The van der Waals surface area contributed by atoms with E-state index in [2.05, 4.69) is 0 Å². The van der Waals surface area contributed by atoms with E-state index in [1.54, 1.807) is 23.5 Å². The summed E-state index contributed by atoms with van der Waals surface area (Å²) in [6.45, 7) is 0. The third kappa shape index (κ3) is 1.54. The topological polar surface area (TPSA) is 40.9 Å². The van der Waals surface area contributed by atoms with Crippen LogP contribution in [0.5, 0.6) is 0 Å². The smallest absolute Gasteiger partial charge is 0.267 e. The predicted octanol–water partition coefficient (Wildman–Crippen LogP) is 2.84. The van der Waals surface area contributed by atoms with Gasteiger partial charge in [-0.25, -0.2) is 0 Å². The number of thiophene rings is 1. The molecule has 3 heteroatoms. The van der Waals surface area contributed by atoms with Gasteiger partial charge >= 0.3 is 0 Å². The van der Waals surface area contributed by atoms with Crippen LogP contribution in [0.1, 0.15) is 10.4 Å². The highest BCUT2D eigenvalue weighted by molar-refractivity contribution is 7.13. The molecule has 0 saturated heterocycles. The number of amides is 1. The van der Waals surface area contributed by atoms with Gasteiger partial charge in [0.15, 0.2) is 0 Å². The second-order valence-electron chi connectivity index (χ2n) is 2.85. The molecule has 1 radical (unpaired) electrons. The SMILES string of the molecule is [NH]C(=O)c1ccccc1-c1cccs1. The summed E-state index contributed by atoms with van der Waals surface area (Å²) in [5, 5.41) is 1.96. The van der Waals surface area contributed by atoms with Crippen molar-refractivity contribution in [1.29, 1.82) is 0 Å². The monoisotopic (exact) mass is 202 g/mol. The first-order valence-electron chi connectivity index (χ1n) is 4.18. The summed E-state index contributed by atoms with van der Waals surface area (Å²) >= 11 is 1.57. The first kappa shape index (κ1) is 8.97. The molecule has 1 heterocycles. The quantitative estimate of drug-likeness (QED) is 0.738. The number of hydrogen-bond acceptors (Lipinski definition) is 2. The van der Waals surface area contributed by atoms with E-state index in [1.165, 1.54) is 0 Å². The van der Waals surface area contributed by atoms with Crippen molar-refractivity contribution in [2.45, 2.75) is 0 Å². The minimum atomic E-state index is -0.631. The molecular formula is C11H8NOS. The van der Waals surface area contributed by atoms with E-state index in [9.17, 15) is 4.79 Å². The van der Waals surface area contributed by atoms with Crippen molar-refractivity contribution >= 4 is 17.2 Å². The molecule has 14 heavy (non-hydrogen) atoms. The lowest BCUT2D eigenvalue weighted by Crippen LogP contribution is -2.00. The summed E-state index contributed by atoms with van der Waals surface area (Å²) in [4.78, 5) is 12.1. The highest BCUT2D eigenvalue weighted by atomic mass is 32.1. The molecule has 2 aromatic rings. The largest absolute Gasteiger partial charge is 0.270 e. The van der Waals surface area contributed by atoms with E-state index in [-0.39, 0.29) is 0 Å². The molecule has 1 amide bonds. The summed E-state index contributed by atoms with van der Waals surface area (Å²) in [5.74, 6) is -0.631. The van der Waals surface area contributed by atoms with Crippen LogP contribution in [0, 0.1) is 0 Å². The molecule has 0 aliphatic heterocycles. The van der Waals surface area contributed by atoms with Gasteiger partial charge in [-0.05, 0) is 17.5 Å². The number of benzene rings is 1. The average Bonchev–Trinajstić information content (AvgIpc) is 2.70. The van der Waals surface area contributed by atoms with Crippen LogP contribution in [0.25, 0.3) is 10.4 Å². The van der Waals surface area contributed by atoms with Gasteiger partial charge in [0.05, 0.1) is 0 Å². The molecule has 0 bridgehead atoms. The van der Waals surface area contributed by atoms with Crippen molar-refractivity contribution in [3.8, 4) is 10.4 Å².